The van der Waals surface area contributed by atoms with E-state index in [4.69, 9.17) is 5.63 Å². The molecule has 0 bridgehead atoms. The molecule has 0 unspecified atom stereocenters. The van der Waals surface area contributed by atoms with Crippen LogP contribution in [-0.2, 0) is 21.1 Å². The second-order valence-electron chi connectivity index (χ2n) is 8.49. The van der Waals surface area contributed by atoms with Crippen molar-refractivity contribution in [2.75, 3.05) is 0 Å². The van der Waals surface area contributed by atoms with Gasteiger partial charge < -0.3 is 0 Å². The van der Waals surface area contributed by atoms with Gasteiger partial charge in [-0.25, -0.2) is 0 Å². The summed E-state index contributed by atoms with van der Waals surface area (Å²) in [5.41, 5.74) is 0. The molecule has 2 aliphatic carbocycles. The van der Waals surface area contributed by atoms with E-state index in [0.717, 1.165) is 24.3 Å². The summed E-state index contributed by atoms with van der Waals surface area (Å²) in [6.45, 7) is 0. The molecular weight excluding hydrogens is 484 g/mol. The van der Waals surface area contributed by atoms with E-state index in [1.54, 1.807) is 0 Å². The molecular formula is C30H24O2Zr. The predicted octanol–water partition coefficient (Wildman–Crippen LogP) is 8.12. The van der Waals surface area contributed by atoms with Crippen LogP contribution < -0.4 is 5.63 Å². The Balaban J connectivity index is 1.47. The topological polar surface area (TPSA) is 18.5 Å². The molecule has 0 aromatic heterocycles. The number of hydrogen-bond donors (Lipinski definition) is 0. The van der Waals surface area contributed by atoms with E-state index in [9.17, 15) is 0 Å². The second kappa shape index (κ2) is 8.65. The van der Waals surface area contributed by atoms with E-state index in [2.05, 4.69) is 121 Å². The van der Waals surface area contributed by atoms with Crippen molar-refractivity contribution < 1.29 is 26.8 Å². The molecule has 4 aromatic carbocycles. The van der Waals surface area contributed by atoms with Crippen LogP contribution in [0.5, 0.6) is 11.5 Å². The van der Waals surface area contributed by atoms with Gasteiger partial charge in [0.15, 0.2) is 0 Å². The van der Waals surface area contributed by atoms with Gasteiger partial charge in [-0.3, -0.25) is 0 Å². The van der Waals surface area contributed by atoms with Gasteiger partial charge in [0.25, 0.3) is 0 Å². The van der Waals surface area contributed by atoms with Crippen molar-refractivity contribution in [2.45, 2.75) is 12.8 Å². The van der Waals surface area contributed by atoms with Crippen LogP contribution in [-0.4, -0.2) is 0 Å². The van der Waals surface area contributed by atoms with Crippen molar-refractivity contribution in [3.05, 3.63) is 128 Å². The first-order chi connectivity index (χ1) is 16.3. The summed E-state index contributed by atoms with van der Waals surface area (Å²) in [6.07, 6.45) is 14.9. The van der Waals surface area contributed by atoms with Crippen LogP contribution in [0.4, 0.5) is 0 Å². The minimum absolute atomic E-state index is 0.880. The molecule has 0 N–H and O–H groups in total. The van der Waals surface area contributed by atoms with Gasteiger partial charge in [-0.2, -0.15) is 0 Å². The quantitative estimate of drug-likeness (QED) is 0.262. The summed E-state index contributed by atoms with van der Waals surface area (Å²) in [5.74, 6) is 1.76. The van der Waals surface area contributed by atoms with Crippen LogP contribution in [0.25, 0.3) is 21.5 Å². The molecule has 0 fully saturated rings. The normalized spacial score (nSPS) is 15.2. The van der Waals surface area contributed by atoms with E-state index < -0.39 is 21.1 Å². The SMILES string of the molecule is C1=CC[C]([Zr]([O]c2ccc3ccccc3c2)([O]c2ccc3ccccc3c2)[C]2=CC=CC2)=C1. The first kappa shape index (κ1) is 20.5. The molecule has 2 nitrogen and oxygen atoms in total. The van der Waals surface area contributed by atoms with Gasteiger partial charge in [0.1, 0.15) is 0 Å². The third-order valence-corrected chi connectivity index (χ3v) is 14.9. The zero-order valence-corrected chi connectivity index (χ0v) is 20.7. The van der Waals surface area contributed by atoms with E-state index >= 15 is 0 Å². The van der Waals surface area contributed by atoms with Crippen molar-refractivity contribution in [2.24, 2.45) is 0 Å². The Labute approximate surface area is 199 Å². The molecule has 160 valence electrons. The molecule has 0 radical (unpaired) electrons. The zero-order chi connectivity index (χ0) is 22.1. The Morgan fingerprint density at radius 2 is 0.970 bits per heavy atom. The first-order valence-corrected chi connectivity index (χ1v) is 15.8. The van der Waals surface area contributed by atoms with Crippen LogP contribution in [0.3, 0.4) is 0 Å². The third-order valence-electron chi connectivity index (χ3n) is 6.35. The summed E-state index contributed by atoms with van der Waals surface area (Å²) >= 11 is -4.00. The van der Waals surface area contributed by atoms with Gasteiger partial charge in [-0.15, -0.1) is 0 Å². The van der Waals surface area contributed by atoms with Crippen molar-refractivity contribution in [3.8, 4) is 11.5 Å². The van der Waals surface area contributed by atoms with E-state index in [1.165, 1.54) is 28.1 Å². The number of benzene rings is 4. The maximum atomic E-state index is 7.07. The summed E-state index contributed by atoms with van der Waals surface area (Å²) in [6, 6.07) is 29.6. The summed E-state index contributed by atoms with van der Waals surface area (Å²) in [4.78, 5) is 0. The summed E-state index contributed by atoms with van der Waals surface area (Å²) in [5, 5.41) is 4.78. The van der Waals surface area contributed by atoms with E-state index in [1.807, 2.05) is 0 Å². The minimum atomic E-state index is -4.00. The molecule has 0 saturated carbocycles. The summed E-state index contributed by atoms with van der Waals surface area (Å²) < 4.78 is 16.7. The fourth-order valence-corrected chi connectivity index (χ4v) is 12.8. The van der Waals surface area contributed by atoms with E-state index in [0.29, 0.717) is 0 Å². The Hall–Kier alpha value is -3.16. The Bertz CT molecular complexity index is 1360. The fraction of sp³-hybridized carbons (Fsp3) is 0.0667. The molecule has 2 aliphatic rings. The number of hydrogen-bond acceptors (Lipinski definition) is 2. The van der Waals surface area contributed by atoms with Gasteiger partial charge in [0.05, 0.1) is 0 Å². The van der Waals surface area contributed by atoms with Gasteiger partial charge in [0, 0.05) is 0 Å². The molecule has 3 heteroatoms. The fourth-order valence-electron chi connectivity index (χ4n) is 4.67. The van der Waals surface area contributed by atoms with Gasteiger partial charge >= 0.3 is 201 Å². The van der Waals surface area contributed by atoms with Crippen molar-refractivity contribution >= 4 is 21.5 Å². The maximum absolute atomic E-state index is 7.07. The van der Waals surface area contributed by atoms with Crippen LogP contribution in [0.15, 0.2) is 128 Å². The van der Waals surface area contributed by atoms with E-state index in [-0.39, 0.29) is 0 Å². The summed E-state index contributed by atoms with van der Waals surface area (Å²) in [7, 11) is 0. The van der Waals surface area contributed by atoms with Crippen LogP contribution >= 0.6 is 0 Å². The molecule has 0 saturated heterocycles. The Kier molecular flexibility index (Phi) is 5.36. The predicted molar refractivity (Wildman–Crippen MR) is 133 cm³/mol. The second-order valence-corrected chi connectivity index (χ2v) is 15.7. The molecule has 33 heavy (non-hydrogen) atoms. The molecule has 4 aromatic rings. The number of fused-ring (bicyclic) bond motifs is 2. The van der Waals surface area contributed by atoms with Crippen molar-refractivity contribution in [1.82, 2.24) is 0 Å². The zero-order valence-electron chi connectivity index (χ0n) is 18.3. The Morgan fingerprint density at radius 1 is 0.515 bits per heavy atom. The van der Waals surface area contributed by atoms with Crippen LogP contribution in [0.1, 0.15) is 12.8 Å². The first-order valence-electron chi connectivity index (χ1n) is 11.4. The average molecular weight is 508 g/mol. The third kappa shape index (κ3) is 3.92. The molecule has 0 aliphatic heterocycles. The molecule has 6 rings (SSSR count). The van der Waals surface area contributed by atoms with Gasteiger partial charge in [-0.05, 0) is 0 Å². The standard InChI is InChI=1S/2C10H8O.2C5H5.Zr/c2*11-10-6-5-8-3-1-2-4-9(8)7-10;2*1-2-4-5-3-1;/h2*1-7,11H;2*1-3H,4H2;/q;;;;+2/p-2. The number of allylic oxidation sites excluding steroid dienone is 8. The van der Waals surface area contributed by atoms with Crippen LogP contribution in [0, 0.1) is 0 Å². The van der Waals surface area contributed by atoms with Crippen molar-refractivity contribution in [3.63, 3.8) is 0 Å². The van der Waals surface area contributed by atoms with Crippen LogP contribution in [0.2, 0.25) is 0 Å². The molecule has 0 spiro atoms. The van der Waals surface area contributed by atoms with Gasteiger partial charge in [-0.1, -0.05) is 0 Å². The Morgan fingerprint density at radius 3 is 1.39 bits per heavy atom. The van der Waals surface area contributed by atoms with Gasteiger partial charge in [0.2, 0.25) is 0 Å². The van der Waals surface area contributed by atoms with Crippen molar-refractivity contribution in [1.29, 1.82) is 0 Å². The monoisotopic (exact) mass is 506 g/mol. The molecule has 0 amide bonds. The molecule has 0 heterocycles. The molecule has 0 atom stereocenters. The number of rotatable bonds is 6. The average Bonchev–Trinajstić information content (AvgIpc) is 3.59.